The maximum Gasteiger partial charge on any atom is 0.352 e. The van der Waals surface area contributed by atoms with Crippen LogP contribution in [0.3, 0.4) is 0 Å². The second-order valence-corrected chi connectivity index (χ2v) is 2.16. The molecule has 0 amide bonds. The van der Waals surface area contributed by atoms with Gasteiger partial charge in [-0.3, -0.25) is 9.78 Å². The molecule has 0 saturated carbocycles. The van der Waals surface area contributed by atoms with Crippen LogP contribution >= 0.6 is 0 Å². The maximum atomic E-state index is 10.3. The third kappa shape index (κ3) is 2.49. The zero-order valence-electron chi connectivity index (χ0n) is 6.48. The van der Waals surface area contributed by atoms with Crippen molar-refractivity contribution in [3.63, 3.8) is 0 Å². The SMILES string of the molecule is CC(=O)OOc1cccc(O)c1. The minimum atomic E-state index is -0.543. The van der Waals surface area contributed by atoms with Crippen molar-refractivity contribution in [1.29, 1.82) is 0 Å². The summed E-state index contributed by atoms with van der Waals surface area (Å²) >= 11 is 0. The summed E-state index contributed by atoms with van der Waals surface area (Å²) in [5, 5.41) is 8.96. The number of benzene rings is 1. The van der Waals surface area contributed by atoms with Gasteiger partial charge in [0, 0.05) is 13.0 Å². The summed E-state index contributed by atoms with van der Waals surface area (Å²) in [7, 11) is 0. The van der Waals surface area contributed by atoms with Crippen LogP contribution in [0, 0.1) is 0 Å². The van der Waals surface area contributed by atoms with Crippen LogP contribution in [-0.4, -0.2) is 11.1 Å². The Morgan fingerprint density at radius 2 is 2.25 bits per heavy atom. The van der Waals surface area contributed by atoms with Gasteiger partial charge in [-0.05, 0) is 12.1 Å². The van der Waals surface area contributed by atoms with Crippen molar-refractivity contribution in [3.05, 3.63) is 24.3 Å². The van der Waals surface area contributed by atoms with Gasteiger partial charge in [0.1, 0.15) is 5.75 Å². The molecule has 0 aromatic heterocycles. The zero-order chi connectivity index (χ0) is 8.97. The monoisotopic (exact) mass is 168 g/mol. The first-order valence-electron chi connectivity index (χ1n) is 3.32. The van der Waals surface area contributed by atoms with Gasteiger partial charge in [0.15, 0.2) is 5.75 Å². The molecule has 12 heavy (non-hydrogen) atoms. The van der Waals surface area contributed by atoms with Crippen LogP contribution in [0.2, 0.25) is 0 Å². The average molecular weight is 168 g/mol. The molecule has 1 aromatic carbocycles. The second-order valence-electron chi connectivity index (χ2n) is 2.16. The van der Waals surface area contributed by atoms with E-state index in [1.54, 1.807) is 12.1 Å². The van der Waals surface area contributed by atoms with E-state index in [4.69, 9.17) is 5.11 Å². The number of rotatable bonds is 2. The molecule has 0 aliphatic rings. The average Bonchev–Trinajstić information content (AvgIpc) is 2.01. The van der Waals surface area contributed by atoms with Crippen LogP contribution in [0.1, 0.15) is 6.92 Å². The highest BCUT2D eigenvalue weighted by Gasteiger charge is 1.98. The lowest BCUT2D eigenvalue weighted by molar-refractivity contribution is -0.210. The fourth-order valence-electron chi connectivity index (χ4n) is 0.642. The summed E-state index contributed by atoms with van der Waals surface area (Å²) < 4.78 is 0. The van der Waals surface area contributed by atoms with E-state index in [2.05, 4.69) is 9.78 Å². The van der Waals surface area contributed by atoms with Crippen LogP contribution in [-0.2, 0) is 9.68 Å². The molecule has 0 unspecified atom stereocenters. The molecule has 0 radical (unpaired) electrons. The Balaban J connectivity index is 2.57. The summed E-state index contributed by atoms with van der Waals surface area (Å²) in [6.45, 7) is 1.22. The van der Waals surface area contributed by atoms with Crippen molar-refractivity contribution in [3.8, 4) is 11.5 Å². The molecule has 64 valence electrons. The topological polar surface area (TPSA) is 55.8 Å². The third-order valence-electron chi connectivity index (χ3n) is 1.07. The minimum absolute atomic E-state index is 0.0552. The number of carbonyl (C=O) groups excluding carboxylic acids is 1. The lowest BCUT2D eigenvalue weighted by atomic mass is 10.3. The van der Waals surface area contributed by atoms with Crippen LogP contribution in [0.25, 0.3) is 0 Å². The lowest BCUT2D eigenvalue weighted by Crippen LogP contribution is -2.02. The molecular formula is C8H8O4. The Labute approximate surface area is 69.3 Å². The molecule has 0 saturated heterocycles. The molecule has 1 aromatic rings. The molecule has 0 atom stereocenters. The first-order chi connectivity index (χ1) is 5.68. The number of hydrogen-bond acceptors (Lipinski definition) is 4. The summed E-state index contributed by atoms with van der Waals surface area (Å²) in [5.74, 6) is -0.205. The molecular weight excluding hydrogens is 160 g/mol. The van der Waals surface area contributed by atoms with Gasteiger partial charge in [-0.1, -0.05) is 6.07 Å². The first kappa shape index (κ1) is 8.39. The maximum absolute atomic E-state index is 10.3. The predicted molar refractivity (Wildman–Crippen MR) is 40.5 cm³/mol. The molecule has 1 rings (SSSR count). The van der Waals surface area contributed by atoms with Crippen molar-refractivity contribution < 1.29 is 19.7 Å². The van der Waals surface area contributed by atoms with Crippen LogP contribution in [0.4, 0.5) is 0 Å². The first-order valence-corrected chi connectivity index (χ1v) is 3.32. The fraction of sp³-hybridized carbons (Fsp3) is 0.125. The van der Waals surface area contributed by atoms with Gasteiger partial charge in [-0.25, -0.2) is 4.79 Å². The van der Waals surface area contributed by atoms with Gasteiger partial charge in [0.2, 0.25) is 0 Å². The molecule has 0 heterocycles. The summed E-state index contributed by atoms with van der Waals surface area (Å²) in [6, 6.07) is 5.96. The van der Waals surface area contributed by atoms with Gasteiger partial charge < -0.3 is 5.11 Å². The van der Waals surface area contributed by atoms with E-state index in [-0.39, 0.29) is 11.5 Å². The molecule has 0 spiro atoms. The smallest absolute Gasteiger partial charge is 0.352 e. The normalized spacial score (nSPS) is 9.08. The number of phenolic OH excluding ortho intramolecular Hbond substituents is 1. The van der Waals surface area contributed by atoms with E-state index in [0.717, 1.165) is 0 Å². The Morgan fingerprint density at radius 3 is 2.83 bits per heavy atom. The molecule has 4 nitrogen and oxygen atoms in total. The van der Waals surface area contributed by atoms with Crippen molar-refractivity contribution in [2.45, 2.75) is 6.92 Å². The number of hydrogen-bond donors (Lipinski definition) is 1. The Morgan fingerprint density at radius 1 is 1.50 bits per heavy atom. The number of phenols is 1. The highest BCUT2D eigenvalue weighted by atomic mass is 17.2. The van der Waals surface area contributed by atoms with E-state index < -0.39 is 5.97 Å². The van der Waals surface area contributed by atoms with Gasteiger partial charge in [-0.15, -0.1) is 0 Å². The van der Waals surface area contributed by atoms with Crippen molar-refractivity contribution in [1.82, 2.24) is 0 Å². The fourth-order valence-corrected chi connectivity index (χ4v) is 0.642. The Bertz CT molecular complexity index is 282. The van der Waals surface area contributed by atoms with Crippen LogP contribution in [0.15, 0.2) is 24.3 Å². The van der Waals surface area contributed by atoms with Crippen molar-refractivity contribution in [2.24, 2.45) is 0 Å². The van der Waals surface area contributed by atoms with Crippen LogP contribution < -0.4 is 4.89 Å². The van der Waals surface area contributed by atoms with Gasteiger partial charge in [0.05, 0.1) is 0 Å². The molecule has 0 fully saturated rings. The minimum Gasteiger partial charge on any atom is -0.508 e. The van der Waals surface area contributed by atoms with Gasteiger partial charge in [-0.2, -0.15) is 0 Å². The summed E-state index contributed by atoms with van der Waals surface area (Å²) in [6.07, 6.45) is 0. The van der Waals surface area contributed by atoms with Crippen LogP contribution in [0.5, 0.6) is 11.5 Å². The van der Waals surface area contributed by atoms with Crippen molar-refractivity contribution >= 4 is 5.97 Å². The van der Waals surface area contributed by atoms with E-state index >= 15 is 0 Å². The summed E-state index contributed by atoms with van der Waals surface area (Å²) in [4.78, 5) is 19.1. The van der Waals surface area contributed by atoms with E-state index in [1.807, 2.05) is 0 Å². The zero-order valence-corrected chi connectivity index (χ0v) is 6.48. The van der Waals surface area contributed by atoms with E-state index in [1.165, 1.54) is 19.1 Å². The van der Waals surface area contributed by atoms with Crippen molar-refractivity contribution in [2.75, 3.05) is 0 Å². The highest BCUT2D eigenvalue weighted by Crippen LogP contribution is 2.17. The molecule has 0 aliphatic heterocycles. The summed E-state index contributed by atoms with van der Waals surface area (Å²) in [5.41, 5.74) is 0. The second kappa shape index (κ2) is 3.61. The number of carbonyl (C=O) groups is 1. The standard InChI is InChI=1S/C8H8O4/c1-6(9)11-12-8-4-2-3-7(10)5-8/h2-5,10H,1H3. The molecule has 0 aliphatic carbocycles. The van der Waals surface area contributed by atoms with Gasteiger partial charge in [0.25, 0.3) is 0 Å². The Hall–Kier alpha value is -1.71. The van der Waals surface area contributed by atoms with E-state index in [9.17, 15) is 4.79 Å². The molecule has 1 N–H and O–H groups in total. The number of aromatic hydroxyl groups is 1. The highest BCUT2D eigenvalue weighted by molar-refractivity contribution is 5.65. The van der Waals surface area contributed by atoms with E-state index in [0.29, 0.717) is 0 Å². The Kier molecular flexibility index (Phi) is 2.53. The lowest BCUT2D eigenvalue weighted by Gasteiger charge is -2.01. The molecule has 4 heteroatoms. The quantitative estimate of drug-likeness (QED) is 0.533. The predicted octanol–water partition coefficient (Wildman–Crippen LogP) is 1.25. The largest absolute Gasteiger partial charge is 0.508 e. The van der Waals surface area contributed by atoms with Gasteiger partial charge >= 0.3 is 5.97 Å². The third-order valence-corrected chi connectivity index (χ3v) is 1.07. The molecule has 0 bridgehead atoms.